The molecule has 0 aliphatic carbocycles. The van der Waals surface area contributed by atoms with Crippen molar-refractivity contribution in [2.45, 2.75) is 0 Å². The number of H-pyrrole nitrogens is 1. The Morgan fingerprint density at radius 2 is 1.70 bits per heavy atom. The zero-order valence-electron chi connectivity index (χ0n) is 10.4. The molecule has 0 aliphatic rings. The Bertz CT molecular complexity index is 801. The van der Waals surface area contributed by atoms with Crippen molar-refractivity contribution in [3.05, 3.63) is 57.0 Å². The first-order valence-electron chi connectivity index (χ1n) is 5.96. The molecule has 0 unspecified atom stereocenters. The molecule has 0 saturated heterocycles. The average Bonchev–Trinajstić information content (AvgIpc) is 2.80. The summed E-state index contributed by atoms with van der Waals surface area (Å²) in [5.74, 6) is 0.0832. The van der Waals surface area contributed by atoms with Crippen molar-refractivity contribution in [3.8, 4) is 11.3 Å². The van der Waals surface area contributed by atoms with Gasteiger partial charge in [-0.3, -0.25) is 5.41 Å². The van der Waals surface area contributed by atoms with Crippen LogP contribution >= 0.6 is 31.9 Å². The smallest absolute Gasteiger partial charge is 0.122 e. The third kappa shape index (κ3) is 2.51. The van der Waals surface area contributed by atoms with Crippen molar-refractivity contribution in [2.24, 2.45) is 5.73 Å². The molecule has 3 rings (SSSR count). The van der Waals surface area contributed by atoms with Gasteiger partial charge in [0.05, 0.1) is 0 Å². The summed E-state index contributed by atoms with van der Waals surface area (Å²) in [4.78, 5) is 3.38. The molecular formula is C15H11Br2N3. The Kier molecular flexibility index (Phi) is 3.40. The van der Waals surface area contributed by atoms with Crippen LogP contribution in [-0.4, -0.2) is 10.8 Å². The van der Waals surface area contributed by atoms with Gasteiger partial charge in [-0.15, -0.1) is 0 Å². The predicted molar refractivity (Wildman–Crippen MR) is 90.2 cm³/mol. The molecule has 20 heavy (non-hydrogen) atoms. The van der Waals surface area contributed by atoms with E-state index in [1.54, 1.807) is 0 Å². The molecule has 0 radical (unpaired) electrons. The molecule has 4 N–H and O–H groups in total. The minimum absolute atomic E-state index is 0.0832. The number of aromatic amines is 1. The third-order valence-electron chi connectivity index (χ3n) is 3.11. The van der Waals surface area contributed by atoms with Crippen LogP contribution in [0.5, 0.6) is 0 Å². The number of nitrogens with one attached hydrogen (secondary N) is 2. The number of hydrogen-bond donors (Lipinski definition) is 3. The van der Waals surface area contributed by atoms with Gasteiger partial charge in [0.25, 0.3) is 0 Å². The lowest BCUT2D eigenvalue weighted by Gasteiger charge is -2.00. The number of aromatic nitrogens is 1. The first kappa shape index (κ1) is 13.4. The summed E-state index contributed by atoms with van der Waals surface area (Å²) in [6.07, 6.45) is 0. The Morgan fingerprint density at radius 1 is 1.00 bits per heavy atom. The average molecular weight is 393 g/mol. The lowest BCUT2D eigenvalue weighted by molar-refractivity contribution is 1.42. The highest BCUT2D eigenvalue weighted by Crippen LogP contribution is 2.29. The molecule has 5 heteroatoms. The SMILES string of the molecule is N=C(N)c1ccc2[nH]c(-c3cc(Br)cc(Br)c3)cc2c1. The van der Waals surface area contributed by atoms with Gasteiger partial charge in [0.1, 0.15) is 5.84 Å². The zero-order valence-corrected chi connectivity index (χ0v) is 13.5. The fraction of sp³-hybridized carbons (Fsp3) is 0. The summed E-state index contributed by atoms with van der Waals surface area (Å²) in [5.41, 5.74) is 9.41. The molecule has 2 aromatic carbocycles. The van der Waals surface area contributed by atoms with Crippen LogP contribution in [0, 0.1) is 5.41 Å². The Hall–Kier alpha value is -1.59. The van der Waals surface area contributed by atoms with Gasteiger partial charge in [-0.2, -0.15) is 0 Å². The van der Waals surface area contributed by atoms with E-state index in [0.29, 0.717) is 0 Å². The van der Waals surface area contributed by atoms with E-state index >= 15 is 0 Å². The van der Waals surface area contributed by atoms with Crippen LogP contribution in [-0.2, 0) is 0 Å². The van der Waals surface area contributed by atoms with E-state index in [4.69, 9.17) is 11.1 Å². The largest absolute Gasteiger partial charge is 0.384 e. The number of halogens is 2. The van der Waals surface area contributed by atoms with E-state index in [-0.39, 0.29) is 5.84 Å². The van der Waals surface area contributed by atoms with E-state index < -0.39 is 0 Å². The molecule has 1 aromatic heterocycles. The molecule has 0 bridgehead atoms. The number of rotatable bonds is 2. The lowest BCUT2D eigenvalue weighted by atomic mass is 10.1. The minimum Gasteiger partial charge on any atom is -0.384 e. The van der Waals surface area contributed by atoms with Gasteiger partial charge in [-0.05, 0) is 42.5 Å². The van der Waals surface area contributed by atoms with E-state index in [9.17, 15) is 0 Å². The monoisotopic (exact) mass is 391 g/mol. The molecule has 0 saturated carbocycles. The van der Waals surface area contributed by atoms with Gasteiger partial charge in [-0.1, -0.05) is 31.9 Å². The summed E-state index contributed by atoms with van der Waals surface area (Å²) in [6.45, 7) is 0. The van der Waals surface area contributed by atoms with Crippen LogP contribution in [0.15, 0.2) is 51.4 Å². The maximum absolute atomic E-state index is 7.49. The lowest BCUT2D eigenvalue weighted by Crippen LogP contribution is -2.10. The fourth-order valence-corrected chi connectivity index (χ4v) is 3.46. The van der Waals surface area contributed by atoms with Crippen molar-refractivity contribution in [2.75, 3.05) is 0 Å². The van der Waals surface area contributed by atoms with E-state index in [2.05, 4.69) is 55.0 Å². The molecule has 3 nitrogen and oxygen atoms in total. The van der Waals surface area contributed by atoms with Crippen molar-refractivity contribution in [3.63, 3.8) is 0 Å². The molecule has 0 atom stereocenters. The normalized spacial score (nSPS) is 10.9. The Labute approximate surface area is 133 Å². The standard InChI is InChI=1S/C15H11Br2N3/c16-11-4-10(5-12(17)7-11)14-6-9-3-8(15(18)19)1-2-13(9)20-14/h1-7,20H,(H3,18,19). The number of nitrogen functional groups attached to an aromatic ring is 1. The number of hydrogen-bond acceptors (Lipinski definition) is 1. The van der Waals surface area contributed by atoms with Crippen LogP contribution in [0.4, 0.5) is 0 Å². The van der Waals surface area contributed by atoms with Gasteiger partial charge < -0.3 is 10.7 Å². The van der Waals surface area contributed by atoms with Crippen LogP contribution in [0.2, 0.25) is 0 Å². The second-order valence-electron chi connectivity index (χ2n) is 4.56. The topological polar surface area (TPSA) is 65.7 Å². The summed E-state index contributed by atoms with van der Waals surface area (Å²) in [5, 5.41) is 8.54. The summed E-state index contributed by atoms with van der Waals surface area (Å²) < 4.78 is 2.04. The molecular weight excluding hydrogens is 382 g/mol. The molecule has 1 heterocycles. The molecule has 0 aliphatic heterocycles. The van der Waals surface area contributed by atoms with E-state index in [1.165, 1.54) is 0 Å². The highest BCUT2D eigenvalue weighted by molar-refractivity contribution is 9.11. The van der Waals surface area contributed by atoms with Crippen molar-refractivity contribution < 1.29 is 0 Å². The number of amidine groups is 1. The molecule has 100 valence electrons. The van der Waals surface area contributed by atoms with E-state index in [1.807, 2.05) is 24.3 Å². The van der Waals surface area contributed by atoms with Gasteiger partial charge in [-0.25, -0.2) is 0 Å². The first-order chi connectivity index (χ1) is 9.52. The predicted octanol–water partition coefficient (Wildman–Crippen LogP) is 4.64. The van der Waals surface area contributed by atoms with Crippen LogP contribution < -0.4 is 5.73 Å². The quantitative estimate of drug-likeness (QED) is 0.431. The highest BCUT2D eigenvalue weighted by Gasteiger charge is 2.07. The minimum atomic E-state index is 0.0832. The fourth-order valence-electron chi connectivity index (χ4n) is 2.17. The Balaban J connectivity index is 2.15. The van der Waals surface area contributed by atoms with E-state index in [0.717, 1.165) is 36.7 Å². The summed E-state index contributed by atoms with van der Waals surface area (Å²) in [6, 6.07) is 13.9. The molecule has 0 amide bonds. The summed E-state index contributed by atoms with van der Waals surface area (Å²) >= 11 is 6.99. The maximum Gasteiger partial charge on any atom is 0.122 e. The number of benzene rings is 2. The second-order valence-corrected chi connectivity index (χ2v) is 6.39. The highest BCUT2D eigenvalue weighted by atomic mass is 79.9. The van der Waals surface area contributed by atoms with Crippen molar-refractivity contribution in [1.82, 2.24) is 4.98 Å². The number of fused-ring (bicyclic) bond motifs is 1. The van der Waals surface area contributed by atoms with Crippen LogP contribution in [0.3, 0.4) is 0 Å². The molecule has 3 aromatic rings. The Morgan fingerprint density at radius 3 is 2.35 bits per heavy atom. The van der Waals surface area contributed by atoms with Gasteiger partial charge in [0.2, 0.25) is 0 Å². The number of nitrogens with two attached hydrogens (primary N) is 1. The van der Waals surface area contributed by atoms with Crippen LogP contribution in [0.25, 0.3) is 22.2 Å². The van der Waals surface area contributed by atoms with Crippen LogP contribution in [0.1, 0.15) is 5.56 Å². The van der Waals surface area contributed by atoms with Gasteiger partial charge in [0.15, 0.2) is 0 Å². The first-order valence-corrected chi connectivity index (χ1v) is 7.55. The maximum atomic E-state index is 7.49. The second kappa shape index (κ2) is 5.07. The third-order valence-corrected chi connectivity index (χ3v) is 4.02. The van der Waals surface area contributed by atoms with Crippen molar-refractivity contribution in [1.29, 1.82) is 5.41 Å². The molecule has 0 spiro atoms. The molecule has 0 fully saturated rings. The van der Waals surface area contributed by atoms with Crippen molar-refractivity contribution >= 4 is 48.6 Å². The van der Waals surface area contributed by atoms with Gasteiger partial charge in [0, 0.05) is 36.7 Å². The van der Waals surface area contributed by atoms with Gasteiger partial charge >= 0.3 is 0 Å². The summed E-state index contributed by atoms with van der Waals surface area (Å²) in [7, 11) is 0. The zero-order chi connectivity index (χ0) is 14.3.